The number of rotatable bonds is 2. The van der Waals surface area contributed by atoms with E-state index >= 15 is 0 Å². The molecule has 2 atom stereocenters. The molecule has 4 heteroatoms. The highest BCUT2D eigenvalue weighted by Gasteiger charge is 2.36. The number of carboxylic acid groups (broad SMARTS) is 1. The van der Waals surface area contributed by atoms with Crippen molar-refractivity contribution in [2.75, 3.05) is 11.5 Å². The van der Waals surface area contributed by atoms with Gasteiger partial charge in [0.25, 0.3) is 0 Å². The Kier molecular flexibility index (Phi) is 3.22. The molecule has 2 nitrogen and oxygen atoms in total. The van der Waals surface area contributed by atoms with Crippen LogP contribution in [-0.4, -0.2) is 28.8 Å². The average Bonchev–Trinajstić information content (AvgIpc) is 2.01. The number of thioether (sulfide) groups is 1. The first-order valence-corrected chi connectivity index (χ1v) is 5.52. The van der Waals surface area contributed by atoms with Gasteiger partial charge in [-0.2, -0.15) is 11.8 Å². The Labute approximate surface area is 81.9 Å². The Morgan fingerprint density at radius 2 is 2.31 bits per heavy atom. The molecule has 76 valence electrons. The van der Waals surface area contributed by atoms with E-state index in [2.05, 4.69) is 13.8 Å². The molecule has 1 rings (SSSR count). The van der Waals surface area contributed by atoms with E-state index < -0.39 is 12.1 Å². The average molecular weight is 206 g/mol. The first-order valence-electron chi connectivity index (χ1n) is 4.37. The molecule has 1 fully saturated rings. The lowest BCUT2D eigenvalue weighted by atomic mass is 9.82. The summed E-state index contributed by atoms with van der Waals surface area (Å²) in [7, 11) is 0. The third-order valence-corrected chi connectivity index (χ3v) is 3.94. The zero-order valence-electron chi connectivity index (χ0n) is 7.92. The number of aliphatic carboxylic acids is 1. The van der Waals surface area contributed by atoms with Crippen LogP contribution in [0.3, 0.4) is 0 Å². The van der Waals surface area contributed by atoms with Crippen LogP contribution in [0.5, 0.6) is 0 Å². The van der Waals surface area contributed by atoms with Crippen LogP contribution in [0, 0.1) is 11.3 Å². The Morgan fingerprint density at radius 1 is 1.69 bits per heavy atom. The number of hydrogen-bond donors (Lipinski definition) is 1. The van der Waals surface area contributed by atoms with Crippen molar-refractivity contribution < 1.29 is 14.3 Å². The topological polar surface area (TPSA) is 37.3 Å². The van der Waals surface area contributed by atoms with Crippen molar-refractivity contribution >= 4 is 17.7 Å². The molecule has 0 aliphatic carbocycles. The van der Waals surface area contributed by atoms with Gasteiger partial charge in [-0.05, 0) is 23.3 Å². The van der Waals surface area contributed by atoms with E-state index in [1.807, 2.05) is 0 Å². The smallest absolute Gasteiger partial charge is 0.338 e. The quantitative estimate of drug-likeness (QED) is 0.752. The van der Waals surface area contributed by atoms with Gasteiger partial charge in [-0.25, -0.2) is 9.18 Å². The fourth-order valence-electron chi connectivity index (χ4n) is 1.70. The van der Waals surface area contributed by atoms with Crippen molar-refractivity contribution in [1.82, 2.24) is 0 Å². The monoisotopic (exact) mass is 206 g/mol. The molecule has 0 amide bonds. The molecule has 0 aromatic heterocycles. The molecule has 1 heterocycles. The predicted octanol–water partition coefficient (Wildman–Crippen LogP) is 2.19. The molecule has 0 spiro atoms. The van der Waals surface area contributed by atoms with Crippen LogP contribution < -0.4 is 0 Å². The van der Waals surface area contributed by atoms with Crippen molar-refractivity contribution in [3.63, 3.8) is 0 Å². The van der Waals surface area contributed by atoms with E-state index in [-0.39, 0.29) is 11.3 Å². The number of carbonyl (C=O) groups is 1. The zero-order valence-corrected chi connectivity index (χ0v) is 8.73. The van der Waals surface area contributed by atoms with Crippen LogP contribution in [0.2, 0.25) is 0 Å². The van der Waals surface area contributed by atoms with E-state index in [0.29, 0.717) is 12.2 Å². The summed E-state index contributed by atoms with van der Waals surface area (Å²) in [6.07, 6.45) is -1.01. The summed E-state index contributed by atoms with van der Waals surface area (Å²) in [5.41, 5.74) is 0.0768. The van der Waals surface area contributed by atoms with Crippen molar-refractivity contribution in [1.29, 1.82) is 0 Å². The molecule has 0 aromatic rings. The third-order valence-electron chi connectivity index (χ3n) is 2.29. The van der Waals surface area contributed by atoms with Gasteiger partial charge in [-0.3, -0.25) is 0 Å². The van der Waals surface area contributed by atoms with Crippen molar-refractivity contribution in [2.45, 2.75) is 26.4 Å². The lowest BCUT2D eigenvalue weighted by Crippen LogP contribution is -2.35. The summed E-state index contributed by atoms with van der Waals surface area (Å²) in [4.78, 5) is 10.4. The third kappa shape index (κ3) is 2.86. The van der Waals surface area contributed by atoms with E-state index in [0.717, 1.165) is 5.75 Å². The molecule has 1 aliphatic rings. The Balaban J connectivity index is 2.56. The maximum Gasteiger partial charge on any atom is 0.338 e. The number of carboxylic acids is 1. The lowest BCUT2D eigenvalue weighted by molar-refractivity contribution is -0.145. The molecule has 0 aromatic carbocycles. The summed E-state index contributed by atoms with van der Waals surface area (Å²) >= 11 is 1.65. The van der Waals surface area contributed by atoms with Crippen molar-refractivity contribution in [2.24, 2.45) is 11.3 Å². The molecule has 2 unspecified atom stereocenters. The van der Waals surface area contributed by atoms with Gasteiger partial charge in [-0.15, -0.1) is 0 Å². The number of alkyl halides is 1. The normalized spacial score (nSPS) is 29.6. The molecular formula is C9H15FO2S. The van der Waals surface area contributed by atoms with Crippen molar-refractivity contribution in [3.8, 4) is 0 Å². The SMILES string of the molecule is CC1(C)CSCC(C(F)C(=O)O)C1. The predicted molar refractivity (Wildman–Crippen MR) is 51.7 cm³/mol. The first kappa shape index (κ1) is 10.8. The highest BCUT2D eigenvalue weighted by molar-refractivity contribution is 7.99. The fourth-order valence-corrected chi connectivity index (χ4v) is 3.08. The zero-order chi connectivity index (χ0) is 10.1. The highest BCUT2D eigenvalue weighted by Crippen LogP contribution is 2.38. The Hall–Kier alpha value is -0.250. The molecule has 0 radical (unpaired) electrons. The molecule has 1 N–H and O–H groups in total. The van der Waals surface area contributed by atoms with Crippen LogP contribution in [0.25, 0.3) is 0 Å². The largest absolute Gasteiger partial charge is 0.479 e. The van der Waals surface area contributed by atoms with E-state index in [1.54, 1.807) is 11.8 Å². The Bertz CT molecular complexity index is 206. The summed E-state index contributed by atoms with van der Waals surface area (Å²) in [6, 6.07) is 0. The lowest BCUT2D eigenvalue weighted by Gasteiger charge is -2.35. The molecule has 1 saturated heterocycles. The first-order chi connectivity index (χ1) is 5.92. The van der Waals surface area contributed by atoms with E-state index in [4.69, 9.17) is 5.11 Å². The van der Waals surface area contributed by atoms with Gasteiger partial charge < -0.3 is 5.11 Å². The van der Waals surface area contributed by atoms with Crippen LogP contribution in [-0.2, 0) is 4.79 Å². The van der Waals surface area contributed by atoms with Gasteiger partial charge >= 0.3 is 5.97 Å². The van der Waals surface area contributed by atoms with Crippen LogP contribution in [0.1, 0.15) is 20.3 Å². The van der Waals surface area contributed by atoms with Gasteiger partial charge in [0.1, 0.15) is 0 Å². The second-order valence-electron chi connectivity index (χ2n) is 4.38. The second kappa shape index (κ2) is 3.86. The fraction of sp³-hybridized carbons (Fsp3) is 0.889. The highest BCUT2D eigenvalue weighted by atomic mass is 32.2. The minimum Gasteiger partial charge on any atom is -0.479 e. The maximum atomic E-state index is 13.1. The minimum atomic E-state index is -1.69. The van der Waals surface area contributed by atoms with Gasteiger partial charge in [0.15, 0.2) is 0 Å². The van der Waals surface area contributed by atoms with Gasteiger partial charge in [0.2, 0.25) is 6.17 Å². The Morgan fingerprint density at radius 3 is 2.77 bits per heavy atom. The molecule has 13 heavy (non-hydrogen) atoms. The van der Waals surface area contributed by atoms with Crippen LogP contribution in [0.15, 0.2) is 0 Å². The van der Waals surface area contributed by atoms with E-state index in [9.17, 15) is 9.18 Å². The maximum absolute atomic E-state index is 13.1. The van der Waals surface area contributed by atoms with E-state index in [1.165, 1.54) is 0 Å². The van der Waals surface area contributed by atoms with Gasteiger partial charge in [0.05, 0.1) is 0 Å². The standard InChI is InChI=1S/C9H15FO2S/c1-9(2)3-6(4-13-5-9)7(10)8(11)12/h6-7H,3-5H2,1-2H3,(H,11,12). The van der Waals surface area contributed by atoms with Crippen LogP contribution in [0.4, 0.5) is 4.39 Å². The summed E-state index contributed by atoms with van der Waals surface area (Å²) in [5, 5.41) is 8.52. The summed E-state index contributed by atoms with van der Waals surface area (Å²) in [6.45, 7) is 4.11. The summed E-state index contributed by atoms with van der Waals surface area (Å²) in [5.74, 6) is 0.00164. The molecule has 0 bridgehead atoms. The number of halogens is 1. The molecular weight excluding hydrogens is 191 g/mol. The minimum absolute atomic E-state index is 0.0768. The molecule has 1 aliphatic heterocycles. The van der Waals surface area contributed by atoms with Crippen molar-refractivity contribution in [3.05, 3.63) is 0 Å². The number of hydrogen-bond acceptors (Lipinski definition) is 2. The van der Waals surface area contributed by atoms with Gasteiger partial charge in [0, 0.05) is 5.92 Å². The van der Waals surface area contributed by atoms with Crippen LogP contribution >= 0.6 is 11.8 Å². The summed E-state index contributed by atoms with van der Waals surface area (Å²) < 4.78 is 13.1. The second-order valence-corrected chi connectivity index (χ2v) is 5.41. The van der Waals surface area contributed by atoms with Gasteiger partial charge in [-0.1, -0.05) is 13.8 Å². The molecule has 0 saturated carbocycles.